The van der Waals surface area contributed by atoms with Gasteiger partial charge in [0.2, 0.25) is 0 Å². The second kappa shape index (κ2) is 3.96. The van der Waals surface area contributed by atoms with E-state index in [2.05, 4.69) is 5.32 Å². The fraction of sp³-hybridized carbons (Fsp3) is 0. The van der Waals surface area contributed by atoms with E-state index >= 15 is 0 Å². The zero-order chi connectivity index (χ0) is 7.23. The molecule has 0 spiro atoms. The van der Waals surface area contributed by atoms with Crippen molar-refractivity contribution < 1.29 is 0 Å². The van der Waals surface area contributed by atoms with Gasteiger partial charge in [0, 0.05) is 17.4 Å². The Balaban J connectivity index is 2.59. The Kier molecular flexibility index (Phi) is 2.84. The van der Waals surface area contributed by atoms with Crippen molar-refractivity contribution in [1.29, 1.82) is 0 Å². The van der Waals surface area contributed by atoms with Crippen LogP contribution in [0, 0.1) is 0 Å². The number of para-hydroxylation sites is 1. The summed E-state index contributed by atoms with van der Waals surface area (Å²) in [7, 11) is 0. The molecule has 0 saturated heterocycles. The molecule has 0 aromatic heterocycles. The molecule has 10 heavy (non-hydrogen) atoms. The van der Waals surface area contributed by atoms with Crippen molar-refractivity contribution in [3.63, 3.8) is 0 Å². The Morgan fingerprint density at radius 1 is 1.20 bits per heavy atom. The summed E-state index contributed by atoms with van der Waals surface area (Å²) >= 11 is 5.31. The van der Waals surface area contributed by atoms with Crippen molar-refractivity contribution in [3.8, 4) is 0 Å². The van der Waals surface area contributed by atoms with Crippen LogP contribution in [0.2, 0.25) is 0 Å². The lowest BCUT2D eigenvalue weighted by atomic mass is 10.3. The first-order valence-electron chi connectivity index (χ1n) is 3.00. The summed E-state index contributed by atoms with van der Waals surface area (Å²) in [5.41, 5.74) is 2.48. The monoisotopic (exact) mass is 153 g/mol. The Morgan fingerprint density at radius 2 is 1.90 bits per heavy atom. The van der Waals surface area contributed by atoms with Crippen molar-refractivity contribution in [2.24, 2.45) is 0 Å². The van der Waals surface area contributed by atoms with Gasteiger partial charge in [-0.2, -0.15) is 0 Å². The topological polar surface area (TPSA) is 12.0 Å². The molecular formula is C8H8ClN. The highest BCUT2D eigenvalue weighted by Gasteiger charge is 1.80. The molecule has 0 amide bonds. The summed E-state index contributed by atoms with van der Waals surface area (Å²) in [6.07, 6.45) is 1.68. The van der Waals surface area contributed by atoms with Crippen LogP contribution in [0.3, 0.4) is 0 Å². The molecule has 0 saturated carbocycles. The highest BCUT2D eigenvalue weighted by Crippen LogP contribution is 2.04. The van der Waals surface area contributed by atoms with E-state index in [0.717, 1.165) is 5.69 Å². The summed E-state index contributed by atoms with van der Waals surface area (Å²) in [5, 5.41) is 2.98. The number of anilines is 1. The second-order valence-electron chi connectivity index (χ2n) is 1.80. The maximum Gasteiger partial charge on any atom is 0.0379 e. The highest BCUT2D eigenvalue weighted by atomic mass is 35.5. The molecule has 0 heterocycles. The standard InChI is InChI=1S/C8H8ClN/c9-6-7-10-8-4-2-1-3-5-8/h1-7,10H. The first-order valence-corrected chi connectivity index (χ1v) is 3.44. The van der Waals surface area contributed by atoms with E-state index < -0.39 is 0 Å². The van der Waals surface area contributed by atoms with Gasteiger partial charge in [0.05, 0.1) is 0 Å². The number of hydrogen-bond donors (Lipinski definition) is 1. The predicted molar refractivity (Wildman–Crippen MR) is 45.1 cm³/mol. The third-order valence-electron chi connectivity index (χ3n) is 1.09. The van der Waals surface area contributed by atoms with Crippen molar-refractivity contribution in [3.05, 3.63) is 42.1 Å². The van der Waals surface area contributed by atoms with E-state index in [4.69, 9.17) is 11.6 Å². The molecule has 52 valence electrons. The maximum absolute atomic E-state index is 5.31. The normalized spacial score (nSPS) is 10.1. The largest absolute Gasteiger partial charge is 0.361 e. The SMILES string of the molecule is ClC=CNc1ccccc1. The van der Waals surface area contributed by atoms with Crippen molar-refractivity contribution >= 4 is 17.3 Å². The summed E-state index contributed by atoms with van der Waals surface area (Å²) < 4.78 is 0. The first kappa shape index (κ1) is 7.16. The molecule has 0 unspecified atom stereocenters. The van der Waals surface area contributed by atoms with Crippen LogP contribution in [0.25, 0.3) is 0 Å². The summed E-state index contributed by atoms with van der Waals surface area (Å²) in [6.45, 7) is 0. The molecule has 0 aliphatic heterocycles. The predicted octanol–water partition coefficient (Wildman–Crippen LogP) is 2.81. The van der Waals surface area contributed by atoms with Gasteiger partial charge in [-0.05, 0) is 12.1 Å². The van der Waals surface area contributed by atoms with Gasteiger partial charge < -0.3 is 5.32 Å². The van der Waals surface area contributed by atoms with Crippen LogP contribution >= 0.6 is 11.6 Å². The van der Waals surface area contributed by atoms with Crippen LogP contribution in [0.4, 0.5) is 5.69 Å². The Labute approximate surface area is 65.3 Å². The molecule has 0 aliphatic carbocycles. The number of benzene rings is 1. The van der Waals surface area contributed by atoms with Gasteiger partial charge in [-0.1, -0.05) is 29.8 Å². The fourth-order valence-corrected chi connectivity index (χ4v) is 0.725. The maximum atomic E-state index is 5.31. The number of rotatable bonds is 2. The molecule has 0 aliphatic rings. The van der Waals surface area contributed by atoms with Crippen molar-refractivity contribution in [1.82, 2.24) is 0 Å². The highest BCUT2D eigenvalue weighted by molar-refractivity contribution is 6.25. The van der Waals surface area contributed by atoms with Gasteiger partial charge in [0.25, 0.3) is 0 Å². The average molecular weight is 154 g/mol. The van der Waals surface area contributed by atoms with E-state index in [-0.39, 0.29) is 0 Å². The number of hydrogen-bond acceptors (Lipinski definition) is 1. The summed E-state index contributed by atoms with van der Waals surface area (Å²) in [6, 6.07) is 9.83. The minimum atomic E-state index is 1.04. The third kappa shape index (κ3) is 2.11. The van der Waals surface area contributed by atoms with Gasteiger partial charge in [-0.15, -0.1) is 0 Å². The Hall–Kier alpha value is -0.950. The molecule has 1 aromatic rings. The first-order chi connectivity index (χ1) is 4.93. The Morgan fingerprint density at radius 3 is 2.50 bits per heavy atom. The number of halogens is 1. The van der Waals surface area contributed by atoms with E-state index in [1.54, 1.807) is 6.20 Å². The lowest BCUT2D eigenvalue weighted by molar-refractivity contribution is 1.59. The Bertz CT molecular complexity index is 206. The van der Waals surface area contributed by atoms with Crippen LogP contribution in [-0.4, -0.2) is 0 Å². The molecule has 1 aromatic carbocycles. The van der Waals surface area contributed by atoms with Gasteiger partial charge in [-0.3, -0.25) is 0 Å². The quantitative estimate of drug-likeness (QED) is 0.689. The molecular weight excluding hydrogens is 146 g/mol. The van der Waals surface area contributed by atoms with Gasteiger partial charge in [0.1, 0.15) is 0 Å². The smallest absolute Gasteiger partial charge is 0.0379 e. The molecule has 0 radical (unpaired) electrons. The van der Waals surface area contributed by atoms with E-state index in [9.17, 15) is 0 Å². The summed E-state index contributed by atoms with van der Waals surface area (Å²) in [4.78, 5) is 0. The lowest BCUT2D eigenvalue weighted by Crippen LogP contribution is -1.83. The number of nitrogens with one attached hydrogen (secondary N) is 1. The second-order valence-corrected chi connectivity index (χ2v) is 2.05. The minimum absolute atomic E-state index is 1.04. The van der Waals surface area contributed by atoms with Crippen molar-refractivity contribution in [2.45, 2.75) is 0 Å². The van der Waals surface area contributed by atoms with Crippen molar-refractivity contribution in [2.75, 3.05) is 5.32 Å². The van der Waals surface area contributed by atoms with Gasteiger partial charge in [-0.25, -0.2) is 0 Å². The molecule has 2 heteroatoms. The third-order valence-corrected chi connectivity index (χ3v) is 1.21. The lowest BCUT2D eigenvalue weighted by Gasteiger charge is -1.96. The molecule has 0 fully saturated rings. The van der Waals surface area contributed by atoms with Crippen LogP contribution in [0.15, 0.2) is 42.1 Å². The fourth-order valence-electron chi connectivity index (χ4n) is 0.662. The van der Waals surface area contributed by atoms with Crippen LogP contribution in [-0.2, 0) is 0 Å². The van der Waals surface area contributed by atoms with E-state index in [1.807, 2.05) is 30.3 Å². The van der Waals surface area contributed by atoms with Crippen LogP contribution in [0.5, 0.6) is 0 Å². The average Bonchev–Trinajstić information content (AvgIpc) is 2.03. The molecule has 1 N–H and O–H groups in total. The zero-order valence-corrected chi connectivity index (χ0v) is 6.18. The molecule has 1 rings (SSSR count). The van der Waals surface area contributed by atoms with Gasteiger partial charge >= 0.3 is 0 Å². The molecule has 1 nitrogen and oxygen atoms in total. The van der Waals surface area contributed by atoms with E-state index in [1.165, 1.54) is 5.54 Å². The van der Waals surface area contributed by atoms with Crippen LogP contribution < -0.4 is 5.32 Å². The summed E-state index contributed by atoms with van der Waals surface area (Å²) in [5.74, 6) is 0. The van der Waals surface area contributed by atoms with Crippen LogP contribution in [0.1, 0.15) is 0 Å². The molecule has 0 atom stereocenters. The molecule has 0 bridgehead atoms. The minimum Gasteiger partial charge on any atom is -0.361 e. The van der Waals surface area contributed by atoms with E-state index in [0.29, 0.717) is 0 Å². The van der Waals surface area contributed by atoms with Gasteiger partial charge in [0.15, 0.2) is 0 Å². The zero-order valence-electron chi connectivity index (χ0n) is 5.42.